The fourth-order valence-corrected chi connectivity index (χ4v) is 4.56. The van der Waals surface area contributed by atoms with E-state index in [4.69, 9.17) is 0 Å². The lowest BCUT2D eigenvalue weighted by Crippen LogP contribution is -2.48. The molecule has 2 bridgehead atoms. The first-order valence-electron chi connectivity index (χ1n) is 10.7. The quantitative estimate of drug-likeness (QED) is 0.564. The van der Waals surface area contributed by atoms with Gasteiger partial charge in [-0.3, -0.25) is 10.2 Å². The molecule has 0 saturated carbocycles. The van der Waals surface area contributed by atoms with Crippen LogP contribution in [0.3, 0.4) is 0 Å². The van der Waals surface area contributed by atoms with E-state index >= 15 is 0 Å². The molecule has 0 unspecified atom stereocenters. The number of urea groups is 1. The summed E-state index contributed by atoms with van der Waals surface area (Å²) in [6.45, 7) is 5.26. The molecule has 1 N–H and O–H groups in total. The highest BCUT2D eigenvalue weighted by atomic mass is 19.4. The zero-order valence-corrected chi connectivity index (χ0v) is 18.1. The van der Waals surface area contributed by atoms with Crippen molar-refractivity contribution >= 4 is 23.4 Å². The van der Waals surface area contributed by atoms with E-state index in [0.717, 1.165) is 42.0 Å². The van der Waals surface area contributed by atoms with E-state index in [-0.39, 0.29) is 12.1 Å². The van der Waals surface area contributed by atoms with Crippen LogP contribution in [0.25, 0.3) is 11.3 Å². The molecule has 2 aliphatic rings. The van der Waals surface area contributed by atoms with Crippen molar-refractivity contribution in [2.75, 3.05) is 28.2 Å². The lowest BCUT2D eigenvalue weighted by atomic mass is 10.1. The van der Waals surface area contributed by atoms with Gasteiger partial charge in [0, 0.05) is 24.3 Å². The number of hydrogen-bond acceptors (Lipinski definition) is 4. The van der Waals surface area contributed by atoms with Crippen LogP contribution in [-0.2, 0) is 6.18 Å². The van der Waals surface area contributed by atoms with Gasteiger partial charge in [0.05, 0.1) is 23.0 Å². The number of aromatic nitrogens is 2. The SMILES string of the molecule is Cc1cc(C)nc(NC(=O)N2c3nc(-c4cccc(C(F)(F)F)c4)ccc3N3CC[C@H]2C3)c1. The number of anilines is 3. The van der Waals surface area contributed by atoms with Gasteiger partial charge in [-0.2, -0.15) is 13.2 Å². The molecule has 1 fully saturated rings. The average Bonchev–Trinajstić information content (AvgIpc) is 3.16. The van der Waals surface area contributed by atoms with E-state index in [0.29, 0.717) is 29.4 Å². The Bertz CT molecular complexity index is 1220. The number of rotatable bonds is 2. The van der Waals surface area contributed by atoms with Gasteiger partial charge in [0.25, 0.3) is 0 Å². The van der Waals surface area contributed by atoms with Gasteiger partial charge in [0.2, 0.25) is 0 Å². The molecular weight excluding hydrogens is 431 g/mol. The minimum Gasteiger partial charge on any atom is -0.366 e. The maximum Gasteiger partial charge on any atom is 0.416 e. The monoisotopic (exact) mass is 453 g/mol. The second kappa shape index (κ2) is 7.75. The van der Waals surface area contributed by atoms with Gasteiger partial charge in [0.1, 0.15) is 5.82 Å². The predicted molar refractivity (Wildman–Crippen MR) is 121 cm³/mol. The summed E-state index contributed by atoms with van der Waals surface area (Å²) in [5, 5.41) is 2.87. The van der Waals surface area contributed by atoms with Crippen molar-refractivity contribution in [3.05, 3.63) is 65.4 Å². The third kappa shape index (κ3) is 3.99. The topological polar surface area (TPSA) is 61.4 Å². The van der Waals surface area contributed by atoms with Crippen LogP contribution in [0.2, 0.25) is 0 Å². The maximum atomic E-state index is 13.3. The highest BCUT2D eigenvalue weighted by Crippen LogP contribution is 2.41. The molecule has 9 heteroatoms. The van der Waals surface area contributed by atoms with Crippen LogP contribution < -0.4 is 15.1 Å². The first-order valence-corrected chi connectivity index (χ1v) is 10.7. The van der Waals surface area contributed by atoms with Crippen LogP contribution in [0.1, 0.15) is 23.2 Å². The van der Waals surface area contributed by atoms with E-state index in [1.165, 1.54) is 6.07 Å². The Morgan fingerprint density at radius 2 is 1.91 bits per heavy atom. The molecule has 2 amide bonds. The Labute approximate surface area is 189 Å². The number of nitrogens with zero attached hydrogens (tertiary/aromatic N) is 4. The number of nitrogens with one attached hydrogen (secondary N) is 1. The molecule has 2 aliphatic heterocycles. The largest absolute Gasteiger partial charge is 0.416 e. The summed E-state index contributed by atoms with van der Waals surface area (Å²) in [7, 11) is 0. The second-order valence-electron chi connectivity index (χ2n) is 8.48. The van der Waals surface area contributed by atoms with Crippen LogP contribution in [-0.4, -0.2) is 35.1 Å². The normalized spacial score (nSPS) is 17.2. The summed E-state index contributed by atoms with van der Waals surface area (Å²) in [6.07, 6.45) is -3.66. The highest BCUT2D eigenvalue weighted by molar-refractivity contribution is 6.04. The standard InChI is InChI=1S/C24H22F3N5O/c1-14-10-15(2)28-21(11-14)30-23(33)32-18-8-9-31(13-18)20-7-6-19(29-22(20)32)16-4-3-5-17(12-16)24(25,26)27/h3-7,10-12,18H,8-9,13H2,1-2H3,(H,28,30,33)/t18-/m0/s1. The smallest absolute Gasteiger partial charge is 0.366 e. The van der Waals surface area contributed by atoms with Crippen LogP contribution in [0.4, 0.5) is 35.3 Å². The van der Waals surface area contributed by atoms with E-state index in [9.17, 15) is 18.0 Å². The minimum absolute atomic E-state index is 0.0762. The van der Waals surface area contributed by atoms with E-state index in [1.54, 1.807) is 23.1 Å². The van der Waals surface area contributed by atoms with Gasteiger partial charge < -0.3 is 4.90 Å². The predicted octanol–water partition coefficient (Wildman–Crippen LogP) is 5.41. The number of carbonyl (C=O) groups excluding carboxylic acids is 1. The van der Waals surface area contributed by atoms with Gasteiger partial charge in [-0.1, -0.05) is 12.1 Å². The molecule has 3 aromatic rings. The van der Waals surface area contributed by atoms with Gasteiger partial charge in [-0.15, -0.1) is 0 Å². The van der Waals surface area contributed by atoms with E-state index in [1.807, 2.05) is 26.0 Å². The van der Waals surface area contributed by atoms with Crippen LogP contribution in [0, 0.1) is 13.8 Å². The number of aryl methyl sites for hydroxylation is 2. The summed E-state index contributed by atoms with van der Waals surface area (Å²) < 4.78 is 39.6. The number of carbonyl (C=O) groups is 1. The number of pyridine rings is 2. The molecule has 0 radical (unpaired) electrons. The molecule has 0 aliphatic carbocycles. The number of hydrogen-bond donors (Lipinski definition) is 1. The van der Waals surface area contributed by atoms with Crippen LogP contribution in [0.15, 0.2) is 48.5 Å². The van der Waals surface area contributed by atoms with Gasteiger partial charge in [-0.25, -0.2) is 14.8 Å². The molecule has 4 heterocycles. The number of fused-ring (bicyclic) bond motifs is 4. The number of halogens is 3. The molecule has 0 spiro atoms. The van der Waals surface area contributed by atoms with Crippen LogP contribution in [0.5, 0.6) is 0 Å². The maximum absolute atomic E-state index is 13.3. The molecule has 6 nitrogen and oxygen atoms in total. The summed E-state index contributed by atoms with van der Waals surface area (Å²) in [6, 6.07) is 11.9. The summed E-state index contributed by atoms with van der Waals surface area (Å²) in [4.78, 5) is 26.2. The van der Waals surface area contributed by atoms with Crippen molar-refractivity contribution in [1.29, 1.82) is 0 Å². The van der Waals surface area contributed by atoms with Crippen LogP contribution >= 0.6 is 0 Å². The molecule has 5 rings (SSSR count). The van der Waals surface area contributed by atoms with Gasteiger partial charge in [0.15, 0.2) is 5.82 Å². The Hall–Kier alpha value is -3.62. The Kier molecular flexibility index (Phi) is 4.99. The van der Waals surface area contributed by atoms with Crippen molar-refractivity contribution in [1.82, 2.24) is 9.97 Å². The Morgan fingerprint density at radius 3 is 2.67 bits per heavy atom. The lowest BCUT2D eigenvalue weighted by Gasteiger charge is -2.35. The zero-order chi connectivity index (χ0) is 23.3. The third-order valence-corrected chi connectivity index (χ3v) is 5.99. The molecule has 1 atom stereocenters. The Balaban J connectivity index is 1.53. The van der Waals surface area contributed by atoms with Gasteiger partial charge >= 0.3 is 12.2 Å². The van der Waals surface area contributed by atoms with Crippen molar-refractivity contribution in [2.45, 2.75) is 32.5 Å². The highest BCUT2D eigenvalue weighted by Gasteiger charge is 2.40. The Morgan fingerprint density at radius 1 is 1.09 bits per heavy atom. The summed E-state index contributed by atoms with van der Waals surface area (Å²) >= 11 is 0. The third-order valence-electron chi connectivity index (χ3n) is 5.99. The first kappa shape index (κ1) is 21.2. The molecule has 2 aromatic heterocycles. The molecule has 170 valence electrons. The lowest BCUT2D eigenvalue weighted by molar-refractivity contribution is -0.137. The number of amides is 2. The average molecular weight is 453 g/mol. The fourth-order valence-electron chi connectivity index (χ4n) is 4.56. The van der Waals surface area contributed by atoms with E-state index in [2.05, 4.69) is 20.2 Å². The first-order chi connectivity index (χ1) is 15.7. The number of benzene rings is 1. The summed E-state index contributed by atoms with van der Waals surface area (Å²) in [5.74, 6) is 0.897. The molecule has 1 aromatic carbocycles. The zero-order valence-electron chi connectivity index (χ0n) is 18.1. The molecule has 33 heavy (non-hydrogen) atoms. The molecule has 1 saturated heterocycles. The van der Waals surface area contributed by atoms with Crippen molar-refractivity contribution in [2.24, 2.45) is 0 Å². The van der Waals surface area contributed by atoms with Gasteiger partial charge in [-0.05, 0) is 62.2 Å². The minimum atomic E-state index is -4.44. The van der Waals surface area contributed by atoms with E-state index < -0.39 is 11.7 Å². The van der Waals surface area contributed by atoms with Crippen molar-refractivity contribution in [3.63, 3.8) is 0 Å². The molecular formula is C24H22F3N5O. The fraction of sp³-hybridized carbons (Fsp3) is 0.292. The van der Waals surface area contributed by atoms with Crippen molar-refractivity contribution < 1.29 is 18.0 Å². The second-order valence-corrected chi connectivity index (χ2v) is 8.48. The summed E-state index contributed by atoms with van der Waals surface area (Å²) in [5.41, 5.74) is 2.55. The van der Waals surface area contributed by atoms with Crippen molar-refractivity contribution in [3.8, 4) is 11.3 Å². The number of alkyl halides is 3.